The summed E-state index contributed by atoms with van der Waals surface area (Å²) in [4.78, 5) is 23.3. The molecule has 6 heteroatoms. The highest BCUT2D eigenvalue weighted by atomic mass is 32.1. The second-order valence-electron chi connectivity index (χ2n) is 2.83. The molecule has 0 unspecified atom stereocenters. The Kier molecular flexibility index (Phi) is 2.82. The van der Waals surface area contributed by atoms with Gasteiger partial charge in [-0.3, -0.25) is 4.79 Å². The molecule has 1 heterocycles. The van der Waals surface area contributed by atoms with Crippen LogP contribution in [0.4, 0.5) is 0 Å². The van der Waals surface area contributed by atoms with Gasteiger partial charge in [-0.15, -0.1) is 0 Å². The second-order valence-corrected chi connectivity index (χ2v) is 3.57. The summed E-state index contributed by atoms with van der Waals surface area (Å²) in [7, 11) is 0. The summed E-state index contributed by atoms with van der Waals surface area (Å²) in [5.41, 5.74) is 0. The third kappa shape index (κ3) is 1.95. The Morgan fingerprint density at radius 2 is 2.23 bits per heavy atom. The van der Waals surface area contributed by atoms with E-state index >= 15 is 0 Å². The van der Waals surface area contributed by atoms with Crippen LogP contribution in [-0.2, 0) is 20.8 Å². The van der Waals surface area contributed by atoms with Crippen molar-refractivity contribution >= 4 is 28.0 Å². The van der Waals surface area contributed by atoms with Gasteiger partial charge in [0.25, 0.3) is 0 Å². The van der Waals surface area contributed by atoms with Crippen molar-refractivity contribution in [3.05, 3.63) is 0 Å². The molecule has 72 valence electrons. The van der Waals surface area contributed by atoms with Crippen molar-refractivity contribution < 1.29 is 18.9 Å². The number of aliphatic carboxylic acids is 1. The molecule has 0 aromatic carbocycles. The largest absolute Gasteiger partial charge is 0.480 e. The highest BCUT2D eigenvalue weighted by Crippen LogP contribution is 2.14. The number of carbonyl (C=O) groups excluding carboxylic acids is 1. The Morgan fingerprint density at radius 3 is 2.54 bits per heavy atom. The number of nitrogens with zero attached hydrogens (tertiary/aromatic N) is 1. The van der Waals surface area contributed by atoms with Gasteiger partial charge in [-0.25, -0.2) is 9.00 Å². The predicted octanol–water partition coefficient (Wildman–Crippen LogP) is -0.923. The average molecular weight is 203 g/mol. The van der Waals surface area contributed by atoms with Crippen LogP contribution in [0, 0.1) is 0 Å². The van der Waals surface area contributed by atoms with E-state index in [4.69, 9.17) is 5.11 Å². The molecule has 5 nitrogen and oxygen atoms in total. The van der Waals surface area contributed by atoms with Crippen LogP contribution in [0.3, 0.4) is 0 Å². The zero-order valence-corrected chi connectivity index (χ0v) is 7.84. The number of hydrogen-bond donors (Lipinski definition) is 1. The minimum atomic E-state index is -1.06. The van der Waals surface area contributed by atoms with Crippen LogP contribution in [0.2, 0.25) is 0 Å². The first-order chi connectivity index (χ1) is 6.06. The van der Waals surface area contributed by atoms with Gasteiger partial charge in [-0.1, -0.05) is 0 Å². The molecule has 1 rings (SSSR count). The third-order valence-corrected chi connectivity index (χ3v) is 2.48. The van der Waals surface area contributed by atoms with E-state index in [1.165, 1.54) is 11.8 Å². The van der Waals surface area contributed by atoms with E-state index in [0.29, 0.717) is 4.86 Å². The third-order valence-electron chi connectivity index (χ3n) is 1.95. The fraction of sp³-hybridized carbons (Fsp3) is 0.571. The van der Waals surface area contributed by atoms with Gasteiger partial charge in [-0.2, -0.15) is 0 Å². The molecule has 0 radical (unpaired) electrons. The SMILES string of the molecule is CC(=O)N1CC(=S=O)C[C@H]1C(=O)O. The van der Waals surface area contributed by atoms with Crippen molar-refractivity contribution in [2.75, 3.05) is 6.54 Å². The summed E-state index contributed by atoms with van der Waals surface area (Å²) in [5.74, 6) is -1.37. The summed E-state index contributed by atoms with van der Waals surface area (Å²) in [6, 6.07) is -0.853. The maximum Gasteiger partial charge on any atom is 0.326 e. The molecule has 1 saturated heterocycles. The lowest BCUT2D eigenvalue weighted by Crippen LogP contribution is -2.39. The Hall–Kier alpha value is -1.17. The number of rotatable bonds is 1. The lowest BCUT2D eigenvalue weighted by atomic mass is 10.2. The number of carboxylic acids is 1. The smallest absolute Gasteiger partial charge is 0.326 e. The van der Waals surface area contributed by atoms with Crippen LogP contribution in [-0.4, -0.2) is 43.5 Å². The Balaban J connectivity index is 2.89. The molecule has 1 aliphatic rings. The van der Waals surface area contributed by atoms with Gasteiger partial charge in [0, 0.05) is 18.2 Å². The van der Waals surface area contributed by atoms with Gasteiger partial charge in [0.1, 0.15) is 6.04 Å². The molecule has 1 N–H and O–H groups in total. The number of amides is 1. The second kappa shape index (κ2) is 3.69. The molecule has 1 atom stereocenters. The van der Waals surface area contributed by atoms with Crippen LogP contribution >= 0.6 is 0 Å². The van der Waals surface area contributed by atoms with Gasteiger partial charge in [0.05, 0.1) is 17.8 Å². The van der Waals surface area contributed by atoms with Crippen molar-refractivity contribution in [3.63, 3.8) is 0 Å². The first-order valence-corrected chi connectivity index (χ1v) is 4.45. The van der Waals surface area contributed by atoms with Gasteiger partial charge < -0.3 is 10.0 Å². The molecular weight excluding hydrogens is 194 g/mol. The molecule has 0 aromatic heterocycles. The van der Waals surface area contributed by atoms with Crippen molar-refractivity contribution in [1.82, 2.24) is 4.90 Å². The Morgan fingerprint density at radius 1 is 1.62 bits per heavy atom. The van der Waals surface area contributed by atoms with Crippen molar-refractivity contribution in [1.29, 1.82) is 0 Å². The molecule has 1 fully saturated rings. The van der Waals surface area contributed by atoms with E-state index in [1.54, 1.807) is 0 Å². The van der Waals surface area contributed by atoms with E-state index in [2.05, 4.69) is 0 Å². The highest BCUT2D eigenvalue weighted by Gasteiger charge is 2.35. The molecule has 1 amide bonds. The summed E-state index contributed by atoms with van der Waals surface area (Å²) >= 11 is 0.284. The summed E-state index contributed by atoms with van der Waals surface area (Å²) in [6.45, 7) is 1.47. The van der Waals surface area contributed by atoms with Crippen LogP contribution in [0.25, 0.3) is 0 Å². The maximum absolute atomic E-state index is 11.0. The minimum absolute atomic E-state index is 0.167. The number of carboxylic acid groups (broad SMARTS) is 1. The van der Waals surface area contributed by atoms with Crippen molar-refractivity contribution in [3.8, 4) is 0 Å². The van der Waals surface area contributed by atoms with Gasteiger partial charge in [0.2, 0.25) is 5.91 Å². The lowest BCUT2D eigenvalue weighted by molar-refractivity contribution is -0.147. The van der Waals surface area contributed by atoms with Crippen molar-refractivity contribution in [2.24, 2.45) is 0 Å². The van der Waals surface area contributed by atoms with E-state index < -0.39 is 12.0 Å². The molecule has 0 spiro atoms. The maximum atomic E-state index is 11.0. The van der Waals surface area contributed by atoms with E-state index in [9.17, 15) is 13.8 Å². The highest BCUT2D eigenvalue weighted by molar-refractivity contribution is 7.66. The molecule has 0 aliphatic carbocycles. The van der Waals surface area contributed by atoms with Crippen LogP contribution in [0.1, 0.15) is 13.3 Å². The Bertz CT molecular complexity index is 284. The standard InChI is InChI=1S/C7H9NO4S/c1-4(9)8-3-5(13-12)2-6(8)7(10)11/h6H,2-3H2,1H3,(H,10,11)/t6-/m0/s1. The first kappa shape index (κ1) is 9.91. The Labute approximate surface area is 78.4 Å². The van der Waals surface area contributed by atoms with Crippen LogP contribution in [0.15, 0.2) is 0 Å². The van der Waals surface area contributed by atoms with E-state index in [1.807, 2.05) is 0 Å². The quantitative estimate of drug-likeness (QED) is 0.559. The van der Waals surface area contributed by atoms with Crippen LogP contribution in [0.5, 0.6) is 0 Å². The summed E-state index contributed by atoms with van der Waals surface area (Å²) in [6.07, 6.45) is 0.170. The topological polar surface area (TPSA) is 74.7 Å². The molecule has 0 saturated carbocycles. The zero-order valence-electron chi connectivity index (χ0n) is 7.02. The zero-order chi connectivity index (χ0) is 10.0. The summed E-state index contributed by atoms with van der Waals surface area (Å²) < 4.78 is 10.4. The normalized spacial score (nSPS) is 21.8. The van der Waals surface area contributed by atoms with Crippen molar-refractivity contribution in [2.45, 2.75) is 19.4 Å². The molecular formula is C7H9NO4S. The number of hydrogen-bond acceptors (Lipinski definition) is 3. The van der Waals surface area contributed by atoms with E-state index in [0.717, 1.165) is 0 Å². The van der Waals surface area contributed by atoms with Gasteiger partial charge in [-0.05, 0) is 0 Å². The average Bonchev–Trinajstić information content (AvgIpc) is 2.47. The first-order valence-electron chi connectivity index (χ1n) is 3.70. The predicted molar refractivity (Wildman–Crippen MR) is 46.6 cm³/mol. The fourth-order valence-corrected chi connectivity index (χ4v) is 1.72. The minimum Gasteiger partial charge on any atom is -0.480 e. The lowest BCUT2D eigenvalue weighted by Gasteiger charge is -2.18. The number of carbonyl (C=O) groups is 2. The monoisotopic (exact) mass is 203 g/mol. The van der Waals surface area contributed by atoms with Gasteiger partial charge >= 0.3 is 5.97 Å². The van der Waals surface area contributed by atoms with Gasteiger partial charge in [0.15, 0.2) is 0 Å². The molecule has 13 heavy (non-hydrogen) atoms. The van der Waals surface area contributed by atoms with E-state index in [-0.39, 0.29) is 30.1 Å². The summed E-state index contributed by atoms with van der Waals surface area (Å²) in [5, 5.41) is 8.73. The molecule has 1 aliphatic heterocycles. The molecule has 0 aromatic rings. The number of likely N-dealkylation sites (tertiary alicyclic amines) is 1. The van der Waals surface area contributed by atoms with Crippen LogP contribution < -0.4 is 0 Å². The molecule has 0 bridgehead atoms. The fourth-order valence-electron chi connectivity index (χ4n) is 1.30.